The SMILES string of the molecule is Cc1cccc(Cl)c1N1CC=C[C@]23O[C@@]4(C)C=CCOC(=O)[C@H]4[C@H]2C(=O)N(CCO)C3C1=O. The molecule has 2 fully saturated rings. The predicted octanol–water partition coefficient (Wildman–Crippen LogP) is 1.63. The molecule has 1 unspecified atom stereocenters. The Hall–Kier alpha value is -2.68. The van der Waals surface area contributed by atoms with Crippen molar-refractivity contribution in [3.05, 3.63) is 53.1 Å². The number of likely N-dealkylation sites (tertiary alicyclic amines) is 1. The average Bonchev–Trinajstić information content (AvgIpc) is 3.01. The number of nitrogens with zero attached hydrogens (tertiary/aromatic N) is 2. The van der Waals surface area contributed by atoms with Gasteiger partial charge < -0.3 is 24.4 Å². The van der Waals surface area contributed by atoms with Crippen LogP contribution in [0.2, 0.25) is 5.02 Å². The molecule has 8 nitrogen and oxygen atoms in total. The number of carbonyl (C=O) groups is 3. The van der Waals surface area contributed by atoms with Crippen LogP contribution < -0.4 is 4.90 Å². The van der Waals surface area contributed by atoms with E-state index < -0.39 is 41.0 Å². The molecule has 0 aliphatic carbocycles. The van der Waals surface area contributed by atoms with E-state index in [-0.39, 0.29) is 32.2 Å². The molecule has 4 aliphatic rings. The summed E-state index contributed by atoms with van der Waals surface area (Å²) in [5.41, 5.74) is -1.13. The van der Waals surface area contributed by atoms with E-state index in [1.165, 1.54) is 4.90 Å². The zero-order valence-corrected chi connectivity index (χ0v) is 19.1. The number of amides is 2. The van der Waals surface area contributed by atoms with Crippen LogP contribution in [0, 0.1) is 18.8 Å². The molecule has 4 heterocycles. The van der Waals surface area contributed by atoms with Gasteiger partial charge >= 0.3 is 5.97 Å². The first-order valence-electron chi connectivity index (χ1n) is 11.0. The molecule has 5 rings (SSSR count). The molecule has 5 atom stereocenters. The van der Waals surface area contributed by atoms with Crippen LogP contribution in [-0.2, 0) is 23.9 Å². The van der Waals surface area contributed by atoms with Gasteiger partial charge in [0.05, 0.1) is 28.8 Å². The number of aliphatic hydroxyl groups excluding tert-OH is 1. The summed E-state index contributed by atoms with van der Waals surface area (Å²) in [4.78, 5) is 43.6. The second-order valence-corrected chi connectivity index (χ2v) is 9.45. The second-order valence-electron chi connectivity index (χ2n) is 9.04. The standard InChI is InChI=1S/C24H25ClN2O6/c1-14-6-3-7-15(25)18(14)26-10-4-9-24-16(20(29)27(11-12-28)19(24)21(26)30)17-22(31)32-13-5-8-23(17,2)33-24/h3-9,16-17,19,28H,10-13H2,1-2H3/t16-,17+,19?,23-,24-/m0/s1. The van der Waals surface area contributed by atoms with E-state index in [1.807, 2.05) is 13.0 Å². The number of fused-ring (bicyclic) bond motifs is 2. The fraction of sp³-hybridized carbons (Fsp3) is 0.458. The number of carbonyl (C=O) groups excluding carboxylic acids is 3. The molecule has 0 aromatic heterocycles. The number of cyclic esters (lactones) is 1. The minimum absolute atomic E-state index is 0.0612. The lowest BCUT2D eigenvalue weighted by Crippen LogP contribution is -2.56. The van der Waals surface area contributed by atoms with Crippen LogP contribution in [0.4, 0.5) is 5.69 Å². The highest BCUT2D eigenvalue weighted by Gasteiger charge is 2.74. The molecule has 4 aliphatic heterocycles. The Morgan fingerprint density at radius 3 is 2.67 bits per heavy atom. The summed E-state index contributed by atoms with van der Waals surface area (Å²) in [7, 11) is 0. The molecule has 0 radical (unpaired) electrons. The van der Waals surface area contributed by atoms with Crippen LogP contribution in [0.3, 0.4) is 0 Å². The topological polar surface area (TPSA) is 96.4 Å². The quantitative estimate of drug-likeness (QED) is 0.530. The Morgan fingerprint density at radius 1 is 1.15 bits per heavy atom. The molecule has 9 heteroatoms. The van der Waals surface area contributed by atoms with Gasteiger partial charge in [-0.05, 0) is 31.6 Å². The lowest BCUT2D eigenvalue weighted by Gasteiger charge is -2.37. The third-order valence-corrected chi connectivity index (χ3v) is 7.42. The fourth-order valence-corrected chi connectivity index (χ4v) is 6.19. The number of hydrogen-bond acceptors (Lipinski definition) is 6. The summed E-state index contributed by atoms with van der Waals surface area (Å²) < 4.78 is 11.9. The highest BCUT2D eigenvalue weighted by Crippen LogP contribution is 2.57. The highest BCUT2D eigenvalue weighted by atomic mass is 35.5. The molecular weight excluding hydrogens is 448 g/mol. The molecule has 174 valence electrons. The molecule has 1 N–H and O–H groups in total. The number of ether oxygens (including phenoxy) is 2. The van der Waals surface area contributed by atoms with Gasteiger partial charge in [-0.15, -0.1) is 0 Å². The number of aliphatic hydroxyl groups is 1. The summed E-state index contributed by atoms with van der Waals surface area (Å²) in [6.45, 7) is 3.53. The smallest absolute Gasteiger partial charge is 0.313 e. The van der Waals surface area contributed by atoms with Crippen molar-refractivity contribution in [3.8, 4) is 0 Å². The highest BCUT2D eigenvalue weighted by molar-refractivity contribution is 6.34. The average molecular weight is 473 g/mol. The fourth-order valence-electron chi connectivity index (χ4n) is 5.87. The molecule has 2 saturated heterocycles. The Balaban J connectivity index is 1.68. The van der Waals surface area contributed by atoms with E-state index in [0.29, 0.717) is 10.7 Å². The largest absolute Gasteiger partial charge is 0.461 e. The van der Waals surface area contributed by atoms with Gasteiger partial charge in [0.1, 0.15) is 24.2 Å². The minimum atomic E-state index is -1.38. The van der Waals surface area contributed by atoms with E-state index in [2.05, 4.69) is 0 Å². The molecule has 0 saturated carbocycles. The molecular formula is C24H25ClN2O6. The van der Waals surface area contributed by atoms with E-state index in [9.17, 15) is 19.5 Å². The molecule has 1 spiro atoms. The monoisotopic (exact) mass is 472 g/mol. The maximum atomic E-state index is 14.1. The summed E-state index contributed by atoms with van der Waals surface area (Å²) in [5, 5.41) is 10.1. The Morgan fingerprint density at radius 2 is 1.94 bits per heavy atom. The van der Waals surface area contributed by atoms with Gasteiger partial charge in [0.15, 0.2) is 0 Å². The van der Waals surface area contributed by atoms with Crippen molar-refractivity contribution in [1.82, 2.24) is 4.90 Å². The van der Waals surface area contributed by atoms with Crippen LogP contribution in [0.25, 0.3) is 0 Å². The summed E-state index contributed by atoms with van der Waals surface area (Å²) in [6.07, 6.45) is 6.97. The Kier molecular flexibility index (Phi) is 5.15. The predicted molar refractivity (Wildman–Crippen MR) is 120 cm³/mol. The third-order valence-electron chi connectivity index (χ3n) is 7.11. The second kappa shape index (κ2) is 7.68. The van der Waals surface area contributed by atoms with Gasteiger partial charge in [0.2, 0.25) is 5.91 Å². The van der Waals surface area contributed by atoms with E-state index >= 15 is 0 Å². The van der Waals surface area contributed by atoms with E-state index in [1.54, 1.807) is 48.3 Å². The number of benzene rings is 1. The number of aryl methyl sites for hydroxylation is 1. The summed E-state index contributed by atoms with van der Waals surface area (Å²) in [5.74, 6) is -3.20. The normalized spacial score (nSPS) is 35.2. The van der Waals surface area contributed by atoms with Crippen molar-refractivity contribution < 1.29 is 29.0 Å². The van der Waals surface area contributed by atoms with Crippen molar-refractivity contribution in [2.24, 2.45) is 11.8 Å². The first-order chi connectivity index (χ1) is 15.7. The maximum Gasteiger partial charge on any atom is 0.313 e. The van der Waals surface area contributed by atoms with E-state index in [0.717, 1.165) is 5.56 Å². The zero-order chi connectivity index (χ0) is 23.5. The molecule has 33 heavy (non-hydrogen) atoms. The zero-order valence-electron chi connectivity index (χ0n) is 18.4. The van der Waals surface area contributed by atoms with Crippen molar-refractivity contribution in [1.29, 1.82) is 0 Å². The number of para-hydroxylation sites is 1. The van der Waals surface area contributed by atoms with Crippen molar-refractivity contribution >= 4 is 35.1 Å². The molecule has 1 aromatic rings. The van der Waals surface area contributed by atoms with Gasteiger partial charge in [-0.1, -0.05) is 42.0 Å². The first kappa shape index (κ1) is 22.1. The third kappa shape index (κ3) is 3.01. The lowest BCUT2D eigenvalue weighted by atomic mass is 9.75. The van der Waals surface area contributed by atoms with Crippen molar-refractivity contribution in [2.45, 2.75) is 31.1 Å². The van der Waals surface area contributed by atoms with Gasteiger partial charge in [-0.2, -0.15) is 0 Å². The number of halogens is 1. The van der Waals surface area contributed by atoms with Crippen LogP contribution in [0.1, 0.15) is 12.5 Å². The van der Waals surface area contributed by atoms with Gasteiger partial charge in [-0.25, -0.2) is 0 Å². The van der Waals surface area contributed by atoms with Gasteiger partial charge in [0.25, 0.3) is 5.91 Å². The number of β-amino-alcohol motifs (C(OH)–C–C–N with tert-alkyl or cyclic N) is 1. The van der Waals surface area contributed by atoms with Gasteiger partial charge in [-0.3, -0.25) is 14.4 Å². The molecule has 1 aromatic carbocycles. The number of hydrogen-bond donors (Lipinski definition) is 1. The lowest BCUT2D eigenvalue weighted by molar-refractivity contribution is -0.156. The Labute approximate surface area is 196 Å². The van der Waals surface area contributed by atoms with Crippen LogP contribution >= 0.6 is 11.6 Å². The van der Waals surface area contributed by atoms with Crippen LogP contribution in [-0.4, -0.2) is 71.3 Å². The van der Waals surface area contributed by atoms with Crippen molar-refractivity contribution in [3.63, 3.8) is 0 Å². The maximum absolute atomic E-state index is 14.1. The molecule has 0 bridgehead atoms. The van der Waals surface area contributed by atoms with Crippen molar-refractivity contribution in [2.75, 3.05) is 31.2 Å². The molecule has 2 amide bonds. The summed E-state index contributed by atoms with van der Waals surface area (Å²) >= 11 is 6.48. The number of anilines is 1. The first-order valence-corrected chi connectivity index (χ1v) is 11.3. The minimum Gasteiger partial charge on any atom is -0.461 e. The summed E-state index contributed by atoms with van der Waals surface area (Å²) in [6, 6.07) is 4.31. The Bertz CT molecular complexity index is 1080. The van der Waals surface area contributed by atoms with Gasteiger partial charge in [0, 0.05) is 13.1 Å². The number of esters is 1. The van der Waals surface area contributed by atoms with E-state index in [4.69, 9.17) is 21.1 Å². The number of rotatable bonds is 3. The van der Waals surface area contributed by atoms with Crippen LogP contribution in [0.15, 0.2) is 42.5 Å². The van der Waals surface area contributed by atoms with Crippen LogP contribution in [0.5, 0.6) is 0 Å².